The Labute approximate surface area is 278 Å². The number of thiazole rings is 1. The smallest absolute Gasteiger partial charge is 0.338 e. The van der Waals surface area contributed by atoms with Crippen LogP contribution in [0.1, 0.15) is 46.9 Å². The molecule has 0 spiro atoms. The molecule has 11 nitrogen and oxygen atoms in total. The lowest BCUT2D eigenvalue weighted by molar-refractivity contribution is -0.139. The summed E-state index contributed by atoms with van der Waals surface area (Å²) in [7, 11) is 4.49. The average Bonchev–Trinajstić information content (AvgIpc) is 3.36. The van der Waals surface area contributed by atoms with Gasteiger partial charge in [0.15, 0.2) is 16.3 Å². The number of nitrogens with zero attached hydrogens (tertiary/aromatic N) is 2. The van der Waals surface area contributed by atoms with Crippen LogP contribution in [0.4, 0.5) is 0 Å². The van der Waals surface area contributed by atoms with Crippen LogP contribution in [0.25, 0.3) is 6.08 Å². The number of hydrogen-bond donors (Lipinski definition) is 1. The molecule has 1 atom stereocenters. The maximum Gasteiger partial charge on any atom is 0.338 e. The predicted molar refractivity (Wildman–Crippen MR) is 176 cm³/mol. The van der Waals surface area contributed by atoms with Crippen molar-refractivity contribution >= 4 is 41.0 Å². The molecule has 0 fully saturated rings. The molecular formula is C34H31ClN2O9S. The third-order valence-electron chi connectivity index (χ3n) is 7.36. The van der Waals surface area contributed by atoms with Gasteiger partial charge in [-0.3, -0.25) is 9.36 Å². The minimum atomic E-state index is -1.04. The van der Waals surface area contributed by atoms with E-state index in [1.165, 1.54) is 38.0 Å². The van der Waals surface area contributed by atoms with E-state index in [2.05, 4.69) is 4.99 Å². The molecule has 0 amide bonds. The van der Waals surface area contributed by atoms with E-state index in [0.29, 0.717) is 49.0 Å². The minimum Gasteiger partial charge on any atom is -0.497 e. The topological polar surface area (TPSA) is 135 Å². The third-order valence-corrected chi connectivity index (χ3v) is 8.62. The van der Waals surface area contributed by atoms with Crippen molar-refractivity contribution in [2.24, 2.45) is 4.99 Å². The molecule has 1 aromatic heterocycles. The van der Waals surface area contributed by atoms with Gasteiger partial charge in [0.05, 0.1) is 54.3 Å². The fourth-order valence-corrected chi connectivity index (χ4v) is 6.52. The summed E-state index contributed by atoms with van der Waals surface area (Å²) >= 11 is 7.79. The van der Waals surface area contributed by atoms with Crippen molar-refractivity contribution in [2.45, 2.75) is 26.5 Å². The molecule has 0 radical (unpaired) electrons. The highest BCUT2D eigenvalue weighted by Gasteiger charge is 2.35. The second-order valence-corrected chi connectivity index (χ2v) is 11.7. The van der Waals surface area contributed by atoms with Crippen LogP contribution < -0.4 is 33.8 Å². The number of benzene rings is 3. The summed E-state index contributed by atoms with van der Waals surface area (Å²) < 4.78 is 29.8. The highest BCUT2D eigenvalue weighted by atomic mass is 35.5. The molecule has 47 heavy (non-hydrogen) atoms. The van der Waals surface area contributed by atoms with Gasteiger partial charge in [-0.25, -0.2) is 14.6 Å². The number of rotatable bonds is 11. The molecule has 244 valence electrons. The van der Waals surface area contributed by atoms with Gasteiger partial charge in [-0.15, -0.1) is 0 Å². The van der Waals surface area contributed by atoms with Gasteiger partial charge in [0.1, 0.15) is 24.1 Å². The Morgan fingerprint density at radius 2 is 1.81 bits per heavy atom. The number of hydrogen-bond acceptors (Lipinski definition) is 10. The Morgan fingerprint density at radius 1 is 1.04 bits per heavy atom. The van der Waals surface area contributed by atoms with Gasteiger partial charge in [-0.2, -0.15) is 0 Å². The van der Waals surface area contributed by atoms with Crippen molar-refractivity contribution in [2.75, 3.05) is 27.9 Å². The first kappa shape index (κ1) is 33.3. The number of halogens is 1. The molecule has 0 saturated heterocycles. The highest BCUT2D eigenvalue weighted by molar-refractivity contribution is 7.07. The van der Waals surface area contributed by atoms with Crippen molar-refractivity contribution < 1.29 is 38.4 Å². The molecule has 13 heteroatoms. The molecule has 3 aromatic carbocycles. The predicted octanol–water partition coefficient (Wildman–Crippen LogP) is 4.75. The Kier molecular flexibility index (Phi) is 10.0. The number of ether oxygens (including phenoxy) is 5. The first-order valence-corrected chi connectivity index (χ1v) is 15.5. The first-order valence-electron chi connectivity index (χ1n) is 14.3. The molecule has 4 aromatic rings. The van der Waals surface area contributed by atoms with Crippen LogP contribution >= 0.6 is 22.9 Å². The lowest BCUT2D eigenvalue weighted by atomic mass is 9.94. The largest absolute Gasteiger partial charge is 0.497 e. The van der Waals surface area contributed by atoms with Crippen LogP contribution in [0.5, 0.6) is 23.0 Å². The summed E-state index contributed by atoms with van der Waals surface area (Å²) in [5, 5.41) is 9.51. The van der Waals surface area contributed by atoms with E-state index in [0.717, 1.165) is 11.3 Å². The first-order chi connectivity index (χ1) is 22.6. The van der Waals surface area contributed by atoms with Gasteiger partial charge in [0.25, 0.3) is 5.56 Å². The number of fused-ring (bicyclic) bond motifs is 1. The van der Waals surface area contributed by atoms with Gasteiger partial charge in [-0.1, -0.05) is 35.1 Å². The summed E-state index contributed by atoms with van der Waals surface area (Å²) in [5.74, 6) is -0.111. The Bertz CT molecular complexity index is 2080. The second kappa shape index (κ2) is 14.1. The number of carbonyl (C=O) groups excluding carboxylic acids is 1. The molecule has 0 saturated carbocycles. The number of carboxylic acid groups (broad SMARTS) is 1. The fourth-order valence-electron chi connectivity index (χ4n) is 5.20. The molecule has 1 N–H and O–H groups in total. The molecule has 2 heterocycles. The molecule has 1 aliphatic rings. The van der Waals surface area contributed by atoms with E-state index >= 15 is 0 Å². The quantitative estimate of drug-likeness (QED) is 0.223. The zero-order valence-electron chi connectivity index (χ0n) is 26.2. The zero-order chi connectivity index (χ0) is 33.8. The average molecular weight is 679 g/mol. The zero-order valence-corrected chi connectivity index (χ0v) is 27.7. The van der Waals surface area contributed by atoms with Crippen molar-refractivity contribution in [3.05, 3.63) is 113 Å². The van der Waals surface area contributed by atoms with E-state index in [9.17, 15) is 19.5 Å². The third kappa shape index (κ3) is 6.74. The number of aromatic carboxylic acids is 1. The van der Waals surface area contributed by atoms with E-state index in [1.54, 1.807) is 62.4 Å². The van der Waals surface area contributed by atoms with Gasteiger partial charge in [0.2, 0.25) is 0 Å². The van der Waals surface area contributed by atoms with E-state index in [4.69, 9.17) is 35.3 Å². The summed E-state index contributed by atoms with van der Waals surface area (Å²) in [4.78, 5) is 43.8. The molecule has 0 unspecified atom stereocenters. The number of esters is 1. The molecule has 0 bridgehead atoms. The van der Waals surface area contributed by atoms with Crippen LogP contribution in [-0.2, 0) is 16.1 Å². The maximum absolute atomic E-state index is 14.1. The van der Waals surface area contributed by atoms with Gasteiger partial charge in [0, 0.05) is 5.56 Å². The lowest BCUT2D eigenvalue weighted by Crippen LogP contribution is -2.40. The summed E-state index contributed by atoms with van der Waals surface area (Å²) in [6, 6.07) is 13.9. The fraction of sp³-hybridized carbons (Fsp3) is 0.235. The van der Waals surface area contributed by atoms with Crippen molar-refractivity contribution in [3.8, 4) is 23.0 Å². The SMILES string of the molecule is CCOC(=O)C1=C(C)N=c2s/c(=C/c3cc(Cl)c(OCc4cccc(C(=O)O)c4)c(OC)c3)c(=O)n2[C@@H]1c1cc(OC)ccc1OC. The summed E-state index contributed by atoms with van der Waals surface area (Å²) in [5.41, 5.74) is 2.06. The van der Waals surface area contributed by atoms with Crippen molar-refractivity contribution in [3.63, 3.8) is 0 Å². The monoisotopic (exact) mass is 678 g/mol. The molecule has 0 aliphatic carbocycles. The Balaban J connectivity index is 1.59. The van der Waals surface area contributed by atoms with Gasteiger partial charge >= 0.3 is 11.9 Å². The number of carbonyl (C=O) groups is 2. The van der Waals surface area contributed by atoms with Crippen LogP contribution in [0.15, 0.2) is 75.7 Å². The van der Waals surface area contributed by atoms with E-state index in [1.807, 2.05) is 0 Å². The number of allylic oxidation sites excluding steroid dienone is 1. The van der Waals surface area contributed by atoms with Crippen molar-refractivity contribution in [1.29, 1.82) is 0 Å². The highest BCUT2D eigenvalue weighted by Crippen LogP contribution is 2.39. The number of methoxy groups -OCH3 is 3. The number of aromatic nitrogens is 1. The maximum atomic E-state index is 14.1. The Morgan fingerprint density at radius 3 is 2.49 bits per heavy atom. The van der Waals surface area contributed by atoms with E-state index < -0.39 is 23.5 Å². The normalized spacial score (nSPS) is 14.3. The van der Waals surface area contributed by atoms with Crippen LogP contribution in [-0.4, -0.2) is 49.5 Å². The summed E-state index contributed by atoms with van der Waals surface area (Å²) in [6.45, 7) is 3.59. The van der Waals surface area contributed by atoms with Crippen LogP contribution in [0.2, 0.25) is 5.02 Å². The van der Waals surface area contributed by atoms with E-state index in [-0.39, 0.29) is 35.1 Å². The number of carboxylic acids is 1. The van der Waals surface area contributed by atoms with Crippen LogP contribution in [0.3, 0.4) is 0 Å². The van der Waals surface area contributed by atoms with Crippen LogP contribution in [0, 0.1) is 0 Å². The van der Waals surface area contributed by atoms with Gasteiger partial charge < -0.3 is 28.8 Å². The lowest BCUT2D eigenvalue weighted by Gasteiger charge is -2.26. The standard InChI is InChI=1S/C34H31ClN2O9S/c1-6-45-33(41)28-18(2)36-34-37(29(28)23-16-22(42-3)10-11-25(23)43-4)31(38)27(47-34)15-20-13-24(35)30(26(14-20)44-5)46-17-19-8-7-9-21(12-19)32(39)40/h7-16,29H,6,17H2,1-5H3,(H,39,40)/b27-15+/t29-/m1/s1. The molecule has 5 rings (SSSR count). The van der Waals surface area contributed by atoms with Crippen molar-refractivity contribution in [1.82, 2.24) is 4.57 Å². The Hall–Kier alpha value is -5.07. The molecule has 1 aliphatic heterocycles. The van der Waals surface area contributed by atoms with Gasteiger partial charge in [-0.05, 0) is 73.5 Å². The minimum absolute atomic E-state index is 0.0467. The summed E-state index contributed by atoms with van der Waals surface area (Å²) in [6.07, 6.45) is 1.65. The second-order valence-electron chi connectivity index (χ2n) is 10.2. The molecular weight excluding hydrogens is 648 g/mol.